The molecule has 0 aliphatic heterocycles. The Bertz CT molecular complexity index is 719. The molecule has 1 N–H and O–H groups in total. The maximum atomic E-state index is 12.3. The van der Waals surface area contributed by atoms with Crippen molar-refractivity contribution in [3.05, 3.63) is 59.5 Å². The third-order valence-electron chi connectivity index (χ3n) is 3.68. The molecule has 0 radical (unpaired) electrons. The first kappa shape index (κ1) is 18.4. The highest BCUT2D eigenvalue weighted by atomic mass is 16.5. The quantitative estimate of drug-likeness (QED) is 0.588. The molecule has 2 rings (SSSR count). The first-order valence-electron chi connectivity index (χ1n) is 8.15. The van der Waals surface area contributed by atoms with Crippen LogP contribution in [0.15, 0.2) is 47.1 Å². The average molecular weight is 343 g/mol. The van der Waals surface area contributed by atoms with Crippen molar-refractivity contribution in [3.8, 4) is 0 Å². The van der Waals surface area contributed by atoms with Crippen LogP contribution in [0, 0.1) is 0 Å². The first-order valence-corrected chi connectivity index (χ1v) is 8.15. The summed E-state index contributed by atoms with van der Waals surface area (Å²) in [6.45, 7) is 3.67. The molecule has 132 valence electrons. The number of ether oxygens (including phenoxy) is 1. The van der Waals surface area contributed by atoms with Gasteiger partial charge in [-0.2, -0.15) is 0 Å². The van der Waals surface area contributed by atoms with Crippen LogP contribution in [-0.2, 0) is 16.0 Å². The lowest BCUT2D eigenvalue weighted by Crippen LogP contribution is -2.29. The van der Waals surface area contributed by atoms with Gasteiger partial charge < -0.3 is 14.5 Å². The van der Waals surface area contributed by atoms with Crippen molar-refractivity contribution in [2.24, 2.45) is 0 Å². The van der Waals surface area contributed by atoms with E-state index in [0.29, 0.717) is 5.56 Å². The molecule has 25 heavy (non-hydrogen) atoms. The van der Waals surface area contributed by atoms with Gasteiger partial charge in [0, 0.05) is 12.1 Å². The molecule has 0 saturated carbocycles. The van der Waals surface area contributed by atoms with Gasteiger partial charge >= 0.3 is 5.97 Å². The number of hydrogen-bond acceptors (Lipinski definition) is 5. The lowest BCUT2D eigenvalue weighted by atomic mass is 10.0. The van der Waals surface area contributed by atoms with Crippen LogP contribution in [0.3, 0.4) is 0 Å². The number of carbonyl (C=O) groups is 3. The van der Waals surface area contributed by atoms with E-state index in [9.17, 15) is 14.4 Å². The predicted octanol–water partition coefficient (Wildman–Crippen LogP) is 2.78. The summed E-state index contributed by atoms with van der Waals surface area (Å²) in [4.78, 5) is 35.7. The largest absolute Gasteiger partial charge is 0.459 e. The third kappa shape index (κ3) is 5.31. The van der Waals surface area contributed by atoms with Crippen LogP contribution in [0.2, 0.25) is 0 Å². The monoisotopic (exact) mass is 343 g/mol. The number of aryl methyl sites for hydroxylation is 1. The number of esters is 1. The number of carbonyl (C=O) groups excluding carboxylic acids is 3. The summed E-state index contributed by atoms with van der Waals surface area (Å²) in [6, 6.07) is 10.4. The number of Topliss-reactive ketones (excluding diaryl/α,β-unsaturated/α-hetero) is 1. The Kier molecular flexibility index (Phi) is 6.51. The summed E-state index contributed by atoms with van der Waals surface area (Å²) in [5, 5.41) is 2.54. The molecule has 1 aromatic heterocycles. The van der Waals surface area contributed by atoms with Crippen LogP contribution >= 0.6 is 0 Å². The fourth-order valence-corrected chi connectivity index (χ4v) is 2.22. The number of amides is 1. The van der Waals surface area contributed by atoms with E-state index in [4.69, 9.17) is 9.15 Å². The summed E-state index contributed by atoms with van der Waals surface area (Å²) in [7, 11) is 0. The molecule has 0 fully saturated rings. The zero-order valence-corrected chi connectivity index (χ0v) is 14.3. The fourth-order valence-electron chi connectivity index (χ4n) is 2.22. The Labute approximate surface area is 146 Å². The van der Waals surface area contributed by atoms with Gasteiger partial charge in [-0.25, -0.2) is 0 Å². The maximum Gasteiger partial charge on any atom is 0.308 e. The van der Waals surface area contributed by atoms with E-state index in [2.05, 4.69) is 5.32 Å². The molecule has 0 spiro atoms. The molecular weight excluding hydrogens is 322 g/mol. The predicted molar refractivity (Wildman–Crippen MR) is 91.4 cm³/mol. The van der Waals surface area contributed by atoms with Gasteiger partial charge in [0.25, 0.3) is 5.91 Å². The van der Waals surface area contributed by atoms with Gasteiger partial charge in [0.05, 0.1) is 12.7 Å². The lowest BCUT2D eigenvalue weighted by molar-refractivity contribution is -0.146. The number of ketones is 1. The summed E-state index contributed by atoms with van der Waals surface area (Å²) < 4.78 is 10.1. The van der Waals surface area contributed by atoms with E-state index in [-0.39, 0.29) is 24.5 Å². The van der Waals surface area contributed by atoms with Gasteiger partial charge in [0.2, 0.25) is 5.78 Å². The van der Waals surface area contributed by atoms with Crippen LogP contribution in [0.4, 0.5) is 0 Å². The summed E-state index contributed by atoms with van der Waals surface area (Å²) in [5.41, 5.74) is 1.64. The van der Waals surface area contributed by atoms with Crippen molar-refractivity contribution in [2.75, 3.05) is 6.54 Å². The Hall–Kier alpha value is -2.89. The van der Waals surface area contributed by atoms with Crippen molar-refractivity contribution < 1.29 is 23.5 Å². The fraction of sp³-hybridized carbons (Fsp3) is 0.316. The lowest BCUT2D eigenvalue weighted by Gasteiger charge is -2.12. The van der Waals surface area contributed by atoms with E-state index in [1.807, 2.05) is 19.1 Å². The number of furan rings is 1. The molecular formula is C19H21NO5. The van der Waals surface area contributed by atoms with Gasteiger partial charge in [0.1, 0.15) is 0 Å². The molecule has 0 unspecified atom stereocenters. The number of rotatable bonds is 8. The highest BCUT2D eigenvalue weighted by Crippen LogP contribution is 2.10. The Balaban J connectivity index is 1.76. The molecule has 0 bridgehead atoms. The van der Waals surface area contributed by atoms with E-state index in [1.165, 1.54) is 19.3 Å². The Morgan fingerprint density at radius 1 is 1.16 bits per heavy atom. The van der Waals surface area contributed by atoms with Crippen LogP contribution < -0.4 is 5.32 Å². The molecule has 1 heterocycles. The Morgan fingerprint density at radius 2 is 1.88 bits per heavy atom. The number of benzene rings is 1. The molecule has 6 nitrogen and oxygen atoms in total. The molecule has 1 amide bonds. The number of nitrogens with one attached hydrogen (secondary N) is 1. The first-order chi connectivity index (χ1) is 12.0. The molecule has 0 aliphatic rings. The minimum Gasteiger partial charge on any atom is -0.459 e. The van der Waals surface area contributed by atoms with Gasteiger partial charge in [0.15, 0.2) is 11.9 Å². The molecule has 6 heteroatoms. The van der Waals surface area contributed by atoms with E-state index in [1.54, 1.807) is 18.2 Å². The smallest absolute Gasteiger partial charge is 0.308 e. The van der Waals surface area contributed by atoms with Crippen LogP contribution in [0.25, 0.3) is 0 Å². The van der Waals surface area contributed by atoms with E-state index >= 15 is 0 Å². The highest BCUT2D eigenvalue weighted by molar-refractivity contribution is 6.00. The van der Waals surface area contributed by atoms with E-state index < -0.39 is 18.0 Å². The van der Waals surface area contributed by atoms with Crippen molar-refractivity contribution in [1.82, 2.24) is 5.32 Å². The van der Waals surface area contributed by atoms with Crippen LogP contribution in [-0.4, -0.2) is 30.3 Å². The van der Waals surface area contributed by atoms with Crippen molar-refractivity contribution in [2.45, 2.75) is 32.8 Å². The van der Waals surface area contributed by atoms with Crippen molar-refractivity contribution in [3.63, 3.8) is 0 Å². The van der Waals surface area contributed by atoms with Gasteiger partial charge in [-0.1, -0.05) is 31.2 Å². The van der Waals surface area contributed by atoms with Crippen LogP contribution in [0.1, 0.15) is 46.7 Å². The summed E-state index contributed by atoms with van der Waals surface area (Å²) in [6.07, 6.45) is 1.38. The van der Waals surface area contributed by atoms with Gasteiger partial charge in [-0.05, 0) is 31.0 Å². The average Bonchev–Trinajstić information content (AvgIpc) is 3.15. The summed E-state index contributed by atoms with van der Waals surface area (Å²) in [5.74, 6) is -1.04. The third-order valence-corrected chi connectivity index (χ3v) is 3.68. The molecule has 2 aromatic rings. The van der Waals surface area contributed by atoms with Crippen molar-refractivity contribution >= 4 is 17.7 Å². The summed E-state index contributed by atoms with van der Waals surface area (Å²) >= 11 is 0. The van der Waals surface area contributed by atoms with Gasteiger partial charge in [-0.3, -0.25) is 14.4 Å². The molecule has 1 atom stereocenters. The molecule has 0 aliphatic carbocycles. The Morgan fingerprint density at radius 3 is 2.48 bits per heavy atom. The molecule has 1 aromatic carbocycles. The second kappa shape index (κ2) is 8.82. The van der Waals surface area contributed by atoms with Gasteiger partial charge in [-0.15, -0.1) is 0 Å². The second-order valence-corrected chi connectivity index (χ2v) is 5.53. The minimum atomic E-state index is -0.874. The zero-order valence-electron chi connectivity index (χ0n) is 14.3. The number of hydrogen-bond donors (Lipinski definition) is 1. The van der Waals surface area contributed by atoms with Crippen LogP contribution in [0.5, 0.6) is 0 Å². The topological polar surface area (TPSA) is 85.6 Å². The SMILES string of the molecule is CCc1ccc(C(=O)[C@H](C)OC(=O)CCNC(=O)c2ccco2)cc1. The minimum absolute atomic E-state index is 0.0289. The highest BCUT2D eigenvalue weighted by Gasteiger charge is 2.19. The normalized spacial score (nSPS) is 11.6. The zero-order chi connectivity index (χ0) is 18.2. The van der Waals surface area contributed by atoms with E-state index in [0.717, 1.165) is 12.0 Å². The maximum absolute atomic E-state index is 12.3. The molecule has 0 saturated heterocycles. The van der Waals surface area contributed by atoms with Crippen molar-refractivity contribution in [1.29, 1.82) is 0 Å². The standard InChI is InChI=1S/C19H21NO5/c1-3-14-6-8-15(9-7-14)18(22)13(2)25-17(21)10-11-20-19(23)16-5-4-12-24-16/h4-9,12-13H,3,10-11H2,1-2H3,(H,20,23)/t13-/m0/s1. The second-order valence-electron chi connectivity index (χ2n) is 5.53.